The molecule has 11 heteroatoms. The van der Waals surface area contributed by atoms with E-state index in [9.17, 15) is 13.6 Å². The molecule has 2 aliphatic rings. The van der Waals surface area contributed by atoms with Crippen molar-refractivity contribution in [1.82, 2.24) is 10.5 Å². The number of benzene rings is 1. The van der Waals surface area contributed by atoms with Crippen LogP contribution in [0, 0.1) is 30.0 Å². The monoisotopic (exact) mass is 430 g/mol. The summed E-state index contributed by atoms with van der Waals surface area (Å²) in [6.45, 7) is 1.40. The number of carbonyl (C=O) groups excluding carboxylic acids is 1. The summed E-state index contributed by atoms with van der Waals surface area (Å²) in [5.74, 6) is -2.25. The zero-order chi connectivity index (χ0) is 22.3. The Labute approximate surface area is 174 Å². The third-order valence-electron chi connectivity index (χ3n) is 5.37. The van der Waals surface area contributed by atoms with Crippen LogP contribution in [-0.2, 0) is 10.4 Å². The summed E-state index contributed by atoms with van der Waals surface area (Å²) < 4.78 is 43.9. The Bertz CT molecular complexity index is 1120. The number of nitriles is 1. The van der Waals surface area contributed by atoms with E-state index in [0.29, 0.717) is 6.42 Å². The first-order valence-electron chi connectivity index (χ1n) is 9.30. The van der Waals surface area contributed by atoms with Crippen molar-refractivity contribution in [2.75, 3.05) is 5.32 Å². The fraction of sp³-hybridized carbons (Fsp3) is 0.300. The molecule has 4 rings (SSSR count). The number of anilines is 1. The number of pyridine rings is 1. The molecule has 1 aliphatic carbocycles. The maximum absolute atomic E-state index is 15.1. The number of fused-ring (bicyclic) bond motifs is 1. The number of hydrogen-bond acceptors (Lipinski definition) is 7. The van der Waals surface area contributed by atoms with Gasteiger partial charge in [-0.05, 0) is 43.2 Å². The fourth-order valence-corrected chi connectivity index (χ4v) is 3.75. The van der Waals surface area contributed by atoms with Crippen LogP contribution in [0.5, 0.6) is 0 Å². The van der Waals surface area contributed by atoms with Crippen LogP contribution < -0.4 is 16.5 Å². The highest BCUT2D eigenvalue weighted by atomic mass is 19.3. The van der Waals surface area contributed by atoms with Crippen LogP contribution in [0.3, 0.4) is 0 Å². The first-order valence-corrected chi connectivity index (χ1v) is 9.30. The number of aryl methyl sites for hydroxylation is 1. The average Bonchev–Trinajstić information content (AvgIpc) is 3.53. The Morgan fingerprint density at radius 2 is 2.23 bits per heavy atom. The molecule has 160 valence electrons. The summed E-state index contributed by atoms with van der Waals surface area (Å²) in [4.78, 5) is 25.2. The van der Waals surface area contributed by atoms with Crippen molar-refractivity contribution >= 4 is 17.6 Å². The van der Waals surface area contributed by atoms with E-state index in [1.54, 1.807) is 0 Å². The van der Waals surface area contributed by atoms with Crippen LogP contribution in [-0.4, -0.2) is 29.4 Å². The van der Waals surface area contributed by atoms with Gasteiger partial charge in [-0.15, -0.1) is 5.48 Å². The first-order chi connectivity index (χ1) is 14.8. The number of alkyl halides is 2. The minimum Gasteiger partial charge on any atom is -0.371 e. The van der Waals surface area contributed by atoms with E-state index >= 15 is 4.39 Å². The second-order valence-corrected chi connectivity index (χ2v) is 7.40. The summed E-state index contributed by atoms with van der Waals surface area (Å²) >= 11 is 0. The SMILES string of the molecule is Cc1cc(NC(=O)c2ccc(C#N)cn2)cc([C@@]2(C(F)F)N=C(N)ON[C@@H]3C[C@@H]32)c1F. The number of nitrogens with zero attached hydrogens (tertiary/aromatic N) is 3. The molecule has 1 aromatic heterocycles. The first kappa shape index (κ1) is 20.6. The Morgan fingerprint density at radius 3 is 2.87 bits per heavy atom. The van der Waals surface area contributed by atoms with Gasteiger partial charge in [-0.25, -0.2) is 23.1 Å². The number of carbonyl (C=O) groups is 1. The molecule has 3 atom stereocenters. The largest absolute Gasteiger partial charge is 0.371 e. The quantitative estimate of drug-likeness (QED) is 0.684. The molecular weight excluding hydrogens is 413 g/mol. The number of rotatable bonds is 4. The van der Waals surface area contributed by atoms with Gasteiger partial charge in [0.25, 0.3) is 12.3 Å². The summed E-state index contributed by atoms with van der Waals surface area (Å²) in [5.41, 5.74) is 5.90. The summed E-state index contributed by atoms with van der Waals surface area (Å²) in [6, 6.07) is 6.12. The van der Waals surface area contributed by atoms with Crippen LogP contribution in [0.4, 0.5) is 18.9 Å². The molecule has 2 aromatic rings. The van der Waals surface area contributed by atoms with Gasteiger partial charge in [0.05, 0.1) is 5.56 Å². The fourth-order valence-electron chi connectivity index (χ4n) is 3.75. The van der Waals surface area contributed by atoms with Gasteiger partial charge in [-0.2, -0.15) is 5.26 Å². The lowest BCUT2D eigenvalue weighted by atomic mass is 9.83. The van der Waals surface area contributed by atoms with E-state index in [1.807, 2.05) is 6.07 Å². The predicted molar refractivity (Wildman–Crippen MR) is 103 cm³/mol. The highest BCUT2D eigenvalue weighted by Gasteiger charge is 2.62. The number of aromatic nitrogens is 1. The number of hydroxylamine groups is 1. The summed E-state index contributed by atoms with van der Waals surface area (Å²) in [6.07, 6.45) is -1.55. The smallest absolute Gasteiger partial charge is 0.303 e. The molecule has 0 bridgehead atoms. The lowest BCUT2D eigenvalue weighted by Gasteiger charge is -2.30. The minimum atomic E-state index is -3.08. The predicted octanol–water partition coefficient (Wildman–Crippen LogP) is 2.35. The van der Waals surface area contributed by atoms with Crippen molar-refractivity contribution in [3.05, 3.63) is 58.7 Å². The van der Waals surface area contributed by atoms with Gasteiger partial charge in [0.2, 0.25) is 0 Å². The Kier molecular flexibility index (Phi) is 5.02. The third kappa shape index (κ3) is 3.55. The third-order valence-corrected chi connectivity index (χ3v) is 5.37. The summed E-state index contributed by atoms with van der Waals surface area (Å²) in [5, 5.41) is 11.4. The molecule has 1 aliphatic heterocycles. The minimum absolute atomic E-state index is 0.00249. The van der Waals surface area contributed by atoms with Gasteiger partial charge >= 0.3 is 6.02 Å². The number of halogens is 3. The van der Waals surface area contributed by atoms with E-state index in [4.69, 9.17) is 15.8 Å². The highest BCUT2D eigenvalue weighted by Crippen LogP contribution is 2.54. The van der Waals surface area contributed by atoms with Crippen molar-refractivity contribution in [1.29, 1.82) is 5.26 Å². The normalized spacial score (nSPS) is 24.3. The molecule has 4 N–H and O–H groups in total. The zero-order valence-electron chi connectivity index (χ0n) is 16.2. The van der Waals surface area contributed by atoms with Crippen LogP contribution in [0.1, 0.15) is 33.6 Å². The molecule has 8 nitrogen and oxygen atoms in total. The van der Waals surface area contributed by atoms with Gasteiger partial charge < -0.3 is 15.9 Å². The molecular formula is C20H17F3N6O2. The Hall–Kier alpha value is -3.65. The number of amides is 1. The van der Waals surface area contributed by atoms with Crippen LogP contribution >= 0.6 is 0 Å². The van der Waals surface area contributed by atoms with Gasteiger partial charge in [0.15, 0.2) is 5.54 Å². The lowest BCUT2D eigenvalue weighted by Crippen LogP contribution is -2.39. The van der Waals surface area contributed by atoms with E-state index in [-0.39, 0.29) is 28.1 Å². The molecule has 31 heavy (non-hydrogen) atoms. The van der Waals surface area contributed by atoms with Crippen LogP contribution in [0.15, 0.2) is 35.5 Å². The standard InChI is InChI=1S/C20H17F3N6O2/c1-9-4-11(27-17(30)14-3-2-10(7-24)8-26-14)5-13(16(9)21)20(18(22)23)12-6-15(12)29-31-19(25)28-20/h2-5,8,12,15,18,29H,6H2,1H3,(H2,25,28)(H,27,30)/t12-,15+,20-/m0/s1. The molecule has 0 saturated heterocycles. The van der Waals surface area contributed by atoms with Gasteiger partial charge in [0, 0.05) is 29.4 Å². The highest BCUT2D eigenvalue weighted by molar-refractivity contribution is 6.03. The molecule has 1 fully saturated rings. The maximum atomic E-state index is 15.1. The van der Waals surface area contributed by atoms with Crippen molar-refractivity contribution in [3.8, 4) is 6.07 Å². The molecule has 1 saturated carbocycles. The van der Waals surface area contributed by atoms with Crippen molar-refractivity contribution in [3.63, 3.8) is 0 Å². The van der Waals surface area contributed by atoms with Crippen molar-refractivity contribution in [2.45, 2.75) is 31.4 Å². The van der Waals surface area contributed by atoms with Gasteiger partial charge in [-0.1, -0.05) is 0 Å². The number of aliphatic imine (C=N–C) groups is 1. The van der Waals surface area contributed by atoms with Crippen molar-refractivity contribution < 1.29 is 22.8 Å². The number of nitrogens with two attached hydrogens (primary N) is 1. The Morgan fingerprint density at radius 1 is 1.45 bits per heavy atom. The molecule has 1 aromatic carbocycles. The molecule has 0 unspecified atom stereocenters. The number of amidine groups is 1. The molecule has 1 amide bonds. The van der Waals surface area contributed by atoms with Gasteiger partial charge in [0.1, 0.15) is 17.6 Å². The average molecular weight is 430 g/mol. The zero-order valence-corrected chi connectivity index (χ0v) is 16.2. The van der Waals surface area contributed by atoms with Gasteiger partial charge in [-0.3, -0.25) is 4.79 Å². The maximum Gasteiger partial charge on any atom is 0.303 e. The van der Waals surface area contributed by atoms with Crippen molar-refractivity contribution in [2.24, 2.45) is 16.6 Å². The molecule has 0 radical (unpaired) electrons. The Balaban J connectivity index is 1.75. The van der Waals surface area contributed by atoms with E-state index in [0.717, 1.165) is 6.07 Å². The van der Waals surface area contributed by atoms with E-state index in [2.05, 4.69) is 20.8 Å². The van der Waals surface area contributed by atoms with Crippen LogP contribution in [0.25, 0.3) is 0 Å². The molecule has 2 heterocycles. The summed E-state index contributed by atoms with van der Waals surface area (Å²) in [7, 11) is 0. The topological polar surface area (TPSA) is 125 Å². The number of nitrogens with one attached hydrogen (secondary N) is 2. The second-order valence-electron chi connectivity index (χ2n) is 7.40. The van der Waals surface area contributed by atoms with E-state index < -0.39 is 41.7 Å². The van der Waals surface area contributed by atoms with E-state index in [1.165, 1.54) is 31.3 Å². The van der Waals surface area contributed by atoms with Crippen LogP contribution in [0.2, 0.25) is 0 Å². The number of hydrogen-bond donors (Lipinski definition) is 3. The lowest BCUT2D eigenvalue weighted by molar-refractivity contribution is 0.0367. The molecule has 0 spiro atoms. The second kappa shape index (κ2) is 7.55.